The fourth-order valence-electron chi connectivity index (χ4n) is 0.673. The predicted octanol–water partition coefficient (Wildman–Crippen LogP) is -1.65. The van der Waals surface area contributed by atoms with Crippen molar-refractivity contribution in [2.24, 2.45) is 7.05 Å². The minimum Gasteiger partial charge on any atom is -0.379 e. The summed E-state index contributed by atoms with van der Waals surface area (Å²) in [6.45, 7) is 4.24. The Balaban J connectivity index is 0.000000810. The third kappa shape index (κ3) is 2.21. The van der Waals surface area contributed by atoms with Gasteiger partial charge in [0.2, 0.25) is 0 Å². The summed E-state index contributed by atoms with van der Waals surface area (Å²) in [5.74, 6) is 0.516. The molecule has 0 aliphatic carbocycles. The van der Waals surface area contributed by atoms with Crippen molar-refractivity contribution in [1.29, 1.82) is 0 Å². The molecule has 0 atom stereocenters. The summed E-state index contributed by atoms with van der Waals surface area (Å²) in [6.07, 6.45) is 2.96. The quantitative estimate of drug-likeness (QED) is 0.329. The zero-order chi connectivity index (χ0) is 6.85. The molecule has 0 fully saturated rings. The van der Waals surface area contributed by atoms with Crippen LogP contribution in [0.3, 0.4) is 0 Å². The molecular formula is C7H11LiN2. The molecule has 0 saturated carbocycles. The van der Waals surface area contributed by atoms with E-state index in [0.717, 1.165) is 5.69 Å². The van der Waals surface area contributed by atoms with Gasteiger partial charge in [0.1, 0.15) is 0 Å². The Morgan fingerprint density at radius 3 is 2.40 bits per heavy atom. The van der Waals surface area contributed by atoms with Gasteiger partial charge in [0.05, 0.1) is 0 Å². The van der Waals surface area contributed by atoms with E-state index in [9.17, 15) is 0 Å². The van der Waals surface area contributed by atoms with Crippen LogP contribution in [-0.2, 0) is 7.05 Å². The molecule has 3 heteroatoms. The molecule has 0 amide bonds. The summed E-state index contributed by atoms with van der Waals surface area (Å²) in [7, 11) is 1.88. The van der Waals surface area contributed by atoms with Crippen LogP contribution in [0.2, 0.25) is 0 Å². The van der Waals surface area contributed by atoms with Gasteiger partial charge in [-0.05, 0) is 0 Å². The first-order valence-corrected chi connectivity index (χ1v) is 3.12. The molecule has 0 bridgehead atoms. The van der Waals surface area contributed by atoms with Crippen molar-refractivity contribution in [3.63, 3.8) is 0 Å². The first-order valence-electron chi connectivity index (χ1n) is 3.12. The molecule has 1 aromatic heterocycles. The molecular weight excluding hydrogens is 119 g/mol. The first kappa shape index (κ1) is 9.81. The fourth-order valence-corrected chi connectivity index (χ4v) is 0.673. The number of nitrogens with zero attached hydrogens (tertiary/aromatic N) is 2. The molecule has 2 nitrogen and oxygen atoms in total. The van der Waals surface area contributed by atoms with Gasteiger partial charge in [0.25, 0.3) is 0 Å². The standard InChI is InChI=1S/C7H11N2.Li/c1-6(2)7-4-5-9(3)8-7;/h4,6H,1-3H3;/q-1;+1. The van der Waals surface area contributed by atoms with Crippen molar-refractivity contribution < 1.29 is 18.9 Å². The van der Waals surface area contributed by atoms with Gasteiger partial charge in [0, 0.05) is 7.05 Å². The molecule has 10 heavy (non-hydrogen) atoms. The van der Waals surface area contributed by atoms with Gasteiger partial charge in [-0.15, -0.1) is 6.20 Å². The van der Waals surface area contributed by atoms with Gasteiger partial charge < -0.3 is 4.68 Å². The molecule has 1 rings (SSSR count). The molecule has 0 saturated heterocycles. The average Bonchev–Trinajstić information content (AvgIpc) is 2.14. The maximum Gasteiger partial charge on any atom is 1.00 e. The van der Waals surface area contributed by atoms with E-state index in [1.165, 1.54) is 0 Å². The van der Waals surface area contributed by atoms with E-state index in [0.29, 0.717) is 5.92 Å². The Bertz CT molecular complexity index is 193. The average molecular weight is 130 g/mol. The third-order valence-electron chi connectivity index (χ3n) is 1.26. The number of hydrogen-bond acceptors (Lipinski definition) is 1. The Kier molecular flexibility index (Phi) is 3.78. The van der Waals surface area contributed by atoms with E-state index < -0.39 is 0 Å². The van der Waals surface area contributed by atoms with E-state index in [1.54, 1.807) is 4.68 Å². The number of aryl methyl sites for hydroxylation is 1. The molecule has 0 spiro atoms. The molecule has 0 radical (unpaired) electrons. The van der Waals surface area contributed by atoms with Crippen LogP contribution < -0.4 is 18.9 Å². The second kappa shape index (κ2) is 3.85. The summed E-state index contributed by atoms with van der Waals surface area (Å²) in [5, 5.41) is 4.17. The molecule has 0 aromatic carbocycles. The Morgan fingerprint density at radius 1 is 1.60 bits per heavy atom. The van der Waals surface area contributed by atoms with Crippen LogP contribution >= 0.6 is 0 Å². The minimum absolute atomic E-state index is 0. The summed E-state index contributed by atoms with van der Waals surface area (Å²) in [6, 6.07) is 1.92. The summed E-state index contributed by atoms with van der Waals surface area (Å²) >= 11 is 0. The third-order valence-corrected chi connectivity index (χ3v) is 1.26. The van der Waals surface area contributed by atoms with Crippen LogP contribution in [0, 0.1) is 6.20 Å². The van der Waals surface area contributed by atoms with Crippen LogP contribution in [0.25, 0.3) is 0 Å². The summed E-state index contributed by atoms with van der Waals surface area (Å²) in [4.78, 5) is 0. The van der Waals surface area contributed by atoms with Crippen LogP contribution in [-0.4, -0.2) is 9.78 Å². The second-order valence-corrected chi connectivity index (χ2v) is 2.48. The number of rotatable bonds is 1. The molecule has 1 heterocycles. The van der Waals surface area contributed by atoms with Gasteiger partial charge in [-0.3, -0.25) is 5.10 Å². The zero-order valence-corrected chi connectivity index (χ0v) is 7.05. The van der Waals surface area contributed by atoms with Gasteiger partial charge in [-0.25, -0.2) is 0 Å². The van der Waals surface area contributed by atoms with E-state index in [4.69, 9.17) is 0 Å². The van der Waals surface area contributed by atoms with Gasteiger partial charge in [-0.2, -0.15) is 6.07 Å². The van der Waals surface area contributed by atoms with E-state index >= 15 is 0 Å². The first-order chi connectivity index (χ1) is 4.20. The van der Waals surface area contributed by atoms with Crippen molar-refractivity contribution in [2.75, 3.05) is 0 Å². The zero-order valence-electron chi connectivity index (χ0n) is 7.05. The molecule has 0 unspecified atom stereocenters. The van der Waals surface area contributed by atoms with E-state index in [1.807, 2.05) is 13.1 Å². The van der Waals surface area contributed by atoms with Gasteiger partial charge in [-0.1, -0.05) is 25.5 Å². The molecule has 0 aliphatic heterocycles. The maximum absolute atomic E-state index is 4.17. The maximum atomic E-state index is 4.17. The van der Waals surface area contributed by atoms with Gasteiger partial charge >= 0.3 is 18.9 Å². The molecule has 1 aromatic rings. The minimum atomic E-state index is 0. The second-order valence-electron chi connectivity index (χ2n) is 2.48. The SMILES string of the molecule is CC(C)c1c[c-]n(C)n1.[Li+]. The monoisotopic (exact) mass is 130 g/mol. The van der Waals surface area contributed by atoms with Crippen molar-refractivity contribution >= 4 is 0 Å². The normalized spacial score (nSPS) is 9.60. The van der Waals surface area contributed by atoms with Crippen molar-refractivity contribution in [3.8, 4) is 0 Å². The Labute approximate surface area is 73.8 Å². The van der Waals surface area contributed by atoms with Gasteiger partial charge in [0.15, 0.2) is 0 Å². The van der Waals surface area contributed by atoms with Crippen molar-refractivity contribution in [1.82, 2.24) is 9.78 Å². The van der Waals surface area contributed by atoms with E-state index in [-0.39, 0.29) is 18.9 Å². The molecule has 50 valence electrons. The number of hydrogen-bond donors (Lipinski definition) is 0. The van der Waals surface area contributed by atoms with Crippen LogP contribution in [0.4, 0.5) is 0 Å². The topological polar surface area (TPSA) is 17.8 Å². The van der Waals surface area contributed by atoms with Crippen LogP contribution in [0.1, 0.15) is 25.5 Å². The Hall–Kier alpha value is -0.193. The molecule has 0 N–H and O–H groups in total. The largest absolute Gasteiger partial charge is 1.00 e. The fraction of sp³-hybridized carbons (Fsp3) is 0.571. The van der Waals surface area contributed by atoms with E-state index in [2.05, 4.69) is 25.1 Å². The molecule has 0 aliphatic rings. The summed E-state index contributed by atoms with van der Waals surface area (Å²) in [5.41, 5.74) is 1.11. The summed E-state index contributed by atoms with van der Waals surface area (Å²) < 4.78 is 1.70. The van der Waals surface area contributed by atoms with Crippen LogP contribution in [0.15, 0.2) is 6.07 Å². The number of aromatic nitrogens is 2. The predicted molar refractivity (Wildman–Crippen MR) is 36.1 cm³/mol. The van der Waals surface area contributed by atoms with Crippen molar-refractivity contribution in [2.45, 2.75) is 19.8 Å². The van der Waals surface area contributed by atoms with Crippen LogP contribution in [0.5, 0.6) is 0 Å². The van der Waals surface area contributed by atoms with Crippen molar-refractivity contribution in [3.05, 3.63) is 18.0 Å². The smallest absolute Gasteiger partial charge is 0.379 e. The Morgan fingerprint density at radius 2 is 2.20 bits per heavy atom.